The molecule has 98 valence electrons. The van der Waals surface area contributed by atoms with Gasteiger partial charge in [-0.15, -0.1) is 0 Å². The molecule has 1 aromatic carbocycles. The fourth-order valence-corrected chi connectivity index (χ4v) is 1.76. The minimum absolute atomic E-state index is 0.170. The van der Waals surface area contributed by atoms with Gasteiger partial charge in [-0.2, -0.15) is 0 Å². The van der Waals surface area contributed by atoms with Gasteiger partial charge in [0.2, 0.25) is 0 Å². The van der Waals surface area contributed by atoms with Gasteiger partial charge in [0.05, 0.1) is 10.6 Å². The number of hydrogen-bond donors (Lipinski definition) is 2. The molecule has 0 spiro atoms. The number of hydrogen-bond acceptors (Lipinski definition) is 3. The van der Waals surface area contributed by atoms with Gasteiger partial charge in [-0.3, -0.25) is 0 Å². The Morgan fingerprint density at radius 1 is 1.44 bits per heavy atom. The van der Waals surface area contributed by atoms with E-state index in [-0.39, 0.29) is 5.92 Å². The average Bonchev–Trinajstić information content (AvgIpc) is 2.29. The molecule has 18 heavy (non-hydrogen) atoms. The van der Waals surface area contributed by atoms with Crippen LogP contribution in [-0.4, -0.2) is 34.6 Å². The average molecular weight is 266 g/mol. The largest absolute Gasteiger partial charge is 0.478 e. The number of nitrogens with two attached hydrogens (primary N) is 1. The second kappa shape index (κ2) is 6.47. The number of aromatic carboxylic acids is 1. The quantitative estimate of drug-likeness (QED) is 0.768. The molecule has 0 aliphatic rings. The third-order valence-corrected chi connectivity index (χ3v) is 3.13. The van der Waals surface area contributed by atoms with Gasteiger partial charge in [0, 0.05) is 19.0 Å². The molecule has 1 rings (SSSR count). The highest BCUT2D eigenvalue weighted by Crippen LogP contribution is 2.08. The standard InChI is InChI=1S/C13H18N2O2S/c1-9(12(14)18)7-15(2)8-10-3-5-11(6-4-10)13(16)17/h3-6,9H,7-8H2,1-2H3,(H2,14,18)(H,16,17). The van der Waals surface area contributed by atoms with Crippen LogP contribution in [0.5, 0.6) is 0 Å². The Hall–Kier alpha value is -1.46. The first-order valence-corrected chi connectivity index (χ1v) is 6.11. The summed E-state index contributed by atoms with van der Waals surface area (Å²) in [6.07, 6.45) is 0. The van der Waals surface area contributed by atoms with Crippen LogP contribution in [0.1, 0.15) is 22.8 Å². The van der Waals surface area contributed by atoms with E-state index in [0.717, 1.165) is 18.7 Å². The number of carbonyl (C=O) groups is 1. The maximum atomic E-state index is 10.7. The molecule has 0 bridgehead atoms. The first kappa shape index (κ1) is 14.6. The molecular formula is C13H18N2O2S. The summed E-state index contributed by atoms with van der Waals surface area (Å²) >= 11 is 4.93. The van der Waals surface area contributed by atoms with E-state index in [4.69, 9.17) is 23.1 Å². The third-order valence-electron chi connectivity index (χ3n) is 2.72. The van der Waals surface area contributed by atoms with Gasteiger partial charge in [-0.05, 0) is 24.7 Å². The van der Waals surface area contributed by atoms with E-state index in [1.165, 1.54) is 0 Å². The van der Waals surface area contributed by atoms with Gasteiger partial charge in [0.1, 0.15) is 0 Å². The highest BCUT2D eigenvalue weighted by Gasteiger charge is 2.09. The van der Waals surface area contributed by atoms with Crippen LogP contribution < -0.4 is 5.73 Å². The Bertz CT molecular complexity index is 431. The summed E-state index contributed by atoms with van der Waals surface area (Å²) in [5, 5.41) is 8.80. The molecule has 0 aliphatic carbocycles. The maximum Gasteiger partial charge on any atom is 0.335 e. The number of rotatable bonds is 6. The topological polar surface area (TPSA) is 66.6 Å². The minimum Gasteiger partial charge on any atom is -0.478 e. The van der Waals surface area contributed by atoms with Gasteiger partial charge >= 0.3 is 5.97 Å². The predicted octanol–water partition coefficient (Wildman–Crippen LogP) is 1.74. The van der Waals surface area contributed by atoms with Crippen LogP contribution in [0, 0.1) is 5.92 Å². The fraction of sp³-hybridized carbons (Fsp3) is 0.385. The smallest absolute Gasteiger partial charge is 0.335 e. The number of benzene rings is 1. The van der Waals surface area contributed by atoms with Crippen molar-refractivity contribution in [3.8, 4) is 0 Å². The molecule has 0 aromatic heterocycles. The maximum absolute atomic E-state index is 10.7. The van der Waals surface area contributed by atoms with Crippen LogP contribution in [-0.2, 0) is 6.54 Å². The zero-order chi connectivity index (χ0) is 13.7. The minimum atomic E-state index is -0.906. The zero-order valence-corrected chi connectivity index (χ0v) is 11.4. The van der Waals surface area contributed by atoms with E-state index in [2.05, 4.69) is 4.90 Å². The van der Waals surface area contributed by atoms with Crippen molar-refractivity contribution in [2.45, 2.75) is 13.5 Å². The molecule has 3 N–H and O–H groups in total. The fourth-order valence-electron chi connectivity index (χ4n) is 1.69. The Labute approximate surface area is 112 Å². The van der Waals surface area contributed by atoms with Crippen molar-refractivity contribution >= 4 is 23.2 Å². The van der Waals surface area contributed by atoms with Gasteiger partial charge in [0.25, 0.3) is 0 Å². The van der Waals surface area contributed by atoms with Crippen LogP contribution in [0.3, 0.4) is 0 Å². The van der Waals surface area contributed by atoms with E-state index in [1.54, 1.807) is 12.1 Å². The van der Waals surface area contributed by atoms with E-state index in [1.807, 2.05) is 26.1 Å². The number of nitrogens with zero attached hydrogens (tertiary/aromatic N) is 1. The molecule has 4 nitrogen and oxygen atoms in total. The van der Waals surface area contributed by atoms with Crippen molar-refractivity contribution in [2.75, 3.05) is 13.6 Å². The van der Waals surface area contributed by atoms with Gasteiger partial charge in [-0.1, -0.05) is 31.3 Å². The Kier molecular flexibility index (Phi) is 5.25. The molecule has 0 saturated carbocycles. The van der Waals surface area contributed by atoms with Crippen LogP contribution in [0.4, 0.5) is 0 Å². The molecular weight excluding hydrogens is 248 g/mol. The monoisotopic (exact) mass is 266 g/mol. The third kappa shape index (κ3) is 4.43. The molecule has 0 radical (unpaired) electrons. The van der Waals surface area contributed by atoms with Gasteiger partial charge < -0.3 is 15.7 Å². The molecule has 0 heterocycles. The van der Waals surface area contributed by atoms with E-state index in [9.17, 15) is 4.79 Å². The number of thiocarbonyl (C=S) groups is 1. The van der Waals surface area contributed by atoms with Gasteiger partial charge in [-0.25, -0.2) is 4.79 Å². The molecule has 1 atom stereocenters. The van der Waals surface area contributed by atoms with Crippen LogP contribution in [0.25, 0.3) is 0 Å². The first-order chi connectivity index (χ1) is 8.40. The first-order valence-electron chi connectivity index (χ1n) is 5.70. The summed E-state index contributed by atoms with van der Waals surface area (Å²) in [5.41, 5.74) is 6.94. The molecule has 0 amide bonds. The highest BCUT2D eigenvalue weighted by molar-refractivity contribution is 7.80. The van der Waals surface area contributed by atoms with Crippen LogP contribution in [0.2, 0.25) is 0 Å². The Morgan fingerprint density at radius 3 is 2.44 bits per heavy atom. The lowest BCUT2D eigenvalue weighted by Crippen LogP contribution is -2.31. The molecule has 0 aliphatic heterocycles. The van der Waals surface area contributed by atoms with Crippen LogP contribution in [0.15, 0.2) is 24.3 Å². The Balaban J connectivity index is 2.56. The molecule has 1 aromatic rings. The van der Waals surface area contributed by atoms with Crippen molar-refractivity contribution in [1.82, 2.24) is 4.90 Å². The normalized spacial score (nSPS) is 12.4. The van der Waals surface area contributed by atoms with Crippen LogP contribution >= 0.6 is 12.2 Å². The van der Waals surface area contributed by atoms with Gasteiger partial charge in [0.15, 0.2) is 0 Å². The van der Waals surface area contributed by atoms with E-state index >= 15 is 0 Å². The zero-order valence-electron chi connectivity index (χ0n) is 10.6. The highest BCUT2D eigenvalue weighted by atomic mass is 32.1. The van der Waals surface area contributed by atoms with Crippen molar-refractivity contribution in [3.63, 3.8) is 0 Å². The molecule has 0 fully saturated rings. The second-order valence-electron chi connectivity index (χ2n) is 4.50. The lowest BCUT2D eigenvalue weighted by Gasteiger charge is -2.20. The second-order valence-corrected chi connectivity index (χ2v) is 4.97. The lowest BCUT2D eigenvalue weighted by molar-refractivity contribution is 0.0697. The number of carboxylic acid groups (broad SMARTS) is 1. The lowest BCUT2D eigenvalue weighted by atomic mass is 10.1. The summed E-state index contributed by atoms with van der Waals surface area (Å²) in [4.78, 5) is 13.3. The Morgan fingerprint density at radius 2 is 2.00 bits per heavy atom. The molecule has 5 heteroatoms. The van der Waals surface area contributed by atoms with E-state index in [0.29, 0.717) is 10.6 Å². The SMILES string of the molecule is CC(CN(C)Cc1ccc(C(=O)O)cc1)C(N)=S. The van der Waals surface area contributed by atoms with E-state index < -0.39 is 5.97 Å². The van der Waals surface area contributed by atoms with Crippen molar-refractivity contribution in [2.24, 2.45) is 11.7 Å². The predicted molar refractivity (Wildman–Crippen MR) is 75.7 cm³/mol. The summed E-state index contributed by atoms with van der Waals surface area (Å²) in [6, 6.07) is 6.88. The summed E-state index contributed by atoms with van der Waals surface area (Å²) in [5.74, 6) is -0.736. The summed E-state index contributed by atoms with van der Waals surface area (Å²) < 4.78 is 0. The summed E-state index contributed by atoms with van der Waals surface area (Å²) in [6.45, 7) is 3.52. The molecule has 1 unspecified atom stereocenters. The number of carboxylic acids is 1. The molecule has 0 saturated heterocycles. The van der Waals surface area contributed by atoms with Crippen molar-refractivity contribution in [1.29, 1.82) is 0 Å². The summed E-state index contributed by atoms with van der Waals surface area (Å²) in [7, 11) is 1.99. The van der Waals surface area contributed by atoms with Crippen molar-refractivity contribution < 1.29 is 9.90 Å². The van der Waals surface area contributed by atoms with Crippen molar-refractivity contribution in [3.05, 3.63) is 35.4 Å².